The third-order valence-electron chi connectivity index (χ3n) is 3.22. The average molecular weight is 281 g/mol. The van der Waals surface area contributed by atoms with Crippen LogP contribution in [0.2, 0.25) is 0 Å². The van der Waals surface area contributed by atoms with Crippen molar-refractivity contribution in [2.24, 2.45) is 0 Å². The van der Waals surface area contributed by atoms with E-state index < -0.39 is 5.79 Å². The standard InChI is InChI=1S/C15H23NO4/c1-15(2)19-10-12(20-15)9-16-8-11-5-6-13(17-3)14(7-11)18-4/h5-7,12,16H,8-10H2,1-4H3. The molecule has 5 nitrogen and oxygen atoms in total. The third-order valence-corrected chi connectivity index (χ3v) is 3.22. The van der Waals surface area contributed by atoms with Crippen LogP contribution in [0.1, 0.15) is 19.4 Å². The summed E-state index contributed by atoms with van der Waals surface area (Å²) in [5.41, 5.74) is 1.14. The van der Waals surface area contributed by atoms with Crippen LogP contribution >= 0.6 is 0 Å². The summed E-state index contributed by atoms with van der Waals surface area (Å²) in [6.07, 6.45) is 0.102. The van der Waals surface area contributed by atoms with Crippen LogP contribution in [0.25, 0.3) is 0 Å². The van der Waals surface area contributed by atoms with Gasteiger partial charge in [0.1, 0.15) is 0 Å². The molecule has 0 radical (unpaired) electrons. The van der Waals surface area contributed by atoms with Crippen molar-refractivity contribution < 1.29 is 18.9 Å². The summed E-state index contributed by atoms with van der Waals surface area (Å²) in [5, 5.41) is 3.37. The maximum atomic E-state index is 5.74. The second-order valence-corrected chi connectivity index (χ2v) is 5.27. The lowest BCUT2D eigenvalue weighted by Crippen LogP contribution is -2.30. The summed E-state index contributed by atoms with van der Waals surface area (Å²) >= 11 is 0. The van der Waals surface area contributed by atoms with Crippen molar-refractivity contribution in [1.29, 1.82) is 0 Å². The highest BCUT2D eigenvalue weighted by atomic mass is 16.7. The van der Waals surface area contributed by atoms with Gasteiger partial charge in [0, 0.05) is 13.1 Å². The summed E-state index contributed by atoms with van der Waals surface area (Å²) < 4.78 is 21.8. The zero-order valence-electron chi connectivity index (χ0n) is 12.6. The molecule has 112 valence electrons. The average Bonchev–Trinajstić information content (AvgIpc) is 2.78. The van der Waals surface area contributed by atoms with E-state index in [9.17, 15) is 0 Å². The lowest BCUT2D eigenvalue weighted by molar-refractivity contribution is -0.137. The summed E-state index contributed by atoms with van der Waals surface area (Å²) in [7, 11) is 3.27. The largest absolute Gasteiger partial charge is 0.493 e. The van der Waals surface area contributed by atoms with E-state index in [1.807, 2.05) is 32.0 Å². The van der Waals surface area contributed by atoms with Gasteiger partial charge in [-0.15, -0.1) is 0 Å². The second kappa shape index (κ2) is 6.43. The molecule has 1 aromatic carbocycles. The smallest absolute Gasteiger partial charge is 0.163 e. The Hall–Kier alpha value is -1.30. The van der Waals surface area contributed by atoms with Crippen molar-refractivity contribution >= 4 is 0 Å². The van der Waals surface area contributed by atoms with E-state index in [1.54, 1.807) is 14.2 Å². The molecule has 2 rings (SSSR count). The highest BCUT2D eigenvalue weighted by Gasteiger charge is 2.32. The Bertz CT molecular complexity index is 447. The van der Waals surface area contributed by atoms with Gasteiger partial charge in [-0.1, -0.05) is 6.07 Å². The van der Waals surface area contributed by atoms with Gasteiger partial charge in [-0.05, 0) is 31.5 Å². The molecule has 5 heteroatoms. The number of ether oxygens (including phenoxy) is 4. The van der Waals surface area contributed by atoms with E-state index in [-0.39, 0.29) is 6.10 Å². The van der Waals surface area contributed by atoms with Crippen LogP contribution in [0.15, 0.2) is 18.2 Å². The summed E-state index contributed by atoms with van der Waals surface area (Å²) in [4.78, 5) is 0. The number of methoxy groups -OCH3 is 2. The summed E-state index contributed by atoms with van der Waals surface area (Å²) in [5.74, 6) is 1.02. The number of hydrogen-bond donors (Lipinski definition) is 1. The Balaban J connectivity index is 1.82. The normalized spacial score (nSPS) is 20.9. The maximum Gasteiger partial charge on any atom is 0.163 e. The van der Waals surface area contributed by atoms with E-state index in [0.717, 1.165) is 30.2 Å². The molecule has 1 aliphatic heterocycles. The Morgan fingerprint density at radius 1 is 1.25 bits per heavy atom. The molecule has 0 saturated carbocycles. The molecule has 1 heterocycles. The lowest BCUT2D eigenvalue weighted by Gasteiger charge is -2.17. The molecule has 1 atom stereocenters. The van der Waals surface area contributed by atoms with Gasteiger partial charge in [-0.25, -0.2) is 0 Å². The van der Waals surface area contributed by atoms with Gasteiger partial charge in [0.15, 0.2) is 17.3 Å². The first-order valence-corrected chi connectivity index (χ1v) is 6.77. The van der Waals surface area contributed by atoms with Crippen molar-refractivity contribution in [1.82, 2.24) is 5.32 Å². The van der Waals surface area contributed by atoms with Gasteiger partial charge in [0.25, 0.3) is 0 Å². The number of rotatable bonds is 6. The minimum atomic E-state index is -0.463. The molecule has 1 N–H and O–H groups in total. The first-order chi connectivity index (χ1) is 9.54. The molecule has 20 heavy (non-hydrogen) atoms. The Labute approximate surface area is 120 Å². The fourth-order valence-corrected chi connectivity index (χ4v) is 2.23. The molecule has 0 amide bonds. The van der Waals surface area contributed by atoms with E-state index in [1.165, 1.54) is 0 Å². The van der Waals surface area contributed by atoms with Crippen LogP contribution in [0, 0.1) is 0 Å². The highest BCUT2D eigenvalue weighted by molar-refractivity contribution is 5.42. The van der Waals surface area contributed by atoms with Crippen LogP contribution in [0.5, 0.6) is 11.5 Å². The van der Waals surface area contributed by atoms with E-state index in [4.69, 9.17) is 18.9 Å². The van der Waals surface area contributed by atoms with Crippen molar-refractivity contribution in [3.8, 4) is 11.5 Å². The van der Waals surface area contributed by atoms with Crippen molar-refractivity contribution in [3.05, 3.63) is 23.8 Å². The van der Waals surface area contributed by atoms with Gasteiger partial charge >= 0.3 is 0 Å². The first-order valence-electron chi connectivity index (χ1n) is 6.77. The van der Waals surface area contributed by atoms with Crippen molar-refractivity contribution in [3.63, 3.8) is 0 Å². The molecule has 0 aliphatic carbocycles. The SMILES string of the molecule is COc1ccc(CNCC2COC(C)(C)O2)cc1OC. The molecule has 0 spiro atoms. The van der Waals surface area contributed by atoms with Crippen LogP contribution < -0.4 is 14.8 Å². The lowest BCUT2D eigenvalue weighted by atomic mass is 10.2. The molecule has 0 aromatic heterocycles. The molecule has 1 aliphatic rings. The fraction of sp³-hybridized carbons (Fsp3) is 0.600. The van der Waals surface area contributed by atoms with Crippen LogP contribution in [-0.4, -0.2) is 39.3 Å². The number of hydrogen-bond acceptors (Lipinski definition) is 5. The monoisotopic (exact) mass is 281 g/mol. The van der Waals surface area contributed by atoms with Gasteiger partial charge in [0.05, 0.1) is 26.9 Å². The minimum Gasteiger partial charge on any atom is -0.493 e. The quantitative estimate of drug-likeness (QED) is 0.863. The predicted octanol–water partition coefficient (Wildman–Crippen LogP) is 1.94. The van der Waals surface area contributed by atoms with Crippen molar-refractivity contribution in [2.75, 3.05) is 27.4 Å². The van der Waals surface area contributed by atoms with E-state index >= 15 is 0 Å². The van der Waals surface area contributed by atoms with E-state index in [2.05, 4.69) is 5.32 Å². The van der Waals surface area contributed by atoms with Crippen molar-refractivity contribution in [2.45, 2.75) is 32.3 Å². The fourth-order valence-electron chi connectivity index (χ4n) is 2.23. The van der Waals surface area contributed by atoms with E-state index in [0.29, 0.717) is 6.61 Å². The summed E-state index contributed by atoms with van der Waals surface area (Å²) in [6, 6.07) is 5.90. The van der Waals surface area contributed by atoms with Gasteiger partial charge in [-0.3, -0.25) is 0 Å². The van der Waals surface area contributed by atoms with Crippen LogP contribution in [0.3, 0.4) is 0 Å². The van der Waals surface area contributed by atoms with Gasteiger partial charge in [0.2, 0.25) is 0 Å². The zero-order chi connectivity index (χ0) is 14.6. The van der Waals surface area contributed by atoms with Gasteiger partial charge in [-0.2, -0.15) is 0 Å². The Morgan fingerprint density at radius 2 is 2.00 bits per heavy atom. The first kappa shape index (κ1) is 15.1. The highest BCUT2D eigenvalue weighted by Crippen LogP contribution is 2.27. The zero-order valence-corrected chi connectivity index (χ0v) is 12.6. The molecule has 0 bridgehead atoms. The number of nitrogens with one attached hydrogen (secondary N) is 1. The third kappa shape index (κ3) is 3.85. The topological polar surface area (TPSA) is 49.0 Å². The maximum absolute atomic E-state index is 5.74. The molecular weight excluding hydrogens is 258 g/mol. The Morgan fingerprint density at radius 3 is 2.60 bits per heavy atom. The number of benzene rings is 1. The molecule has 1 unspecified atom stereocenters. The molecule has 1 saturated heterocycles. The molecule has 1 fully saturated rings. The van der Waals surface area contributed by atoms with Crippen LogP contribution in [0.4, 0.5) is 0 Å². The second-order valence-electron chi connectivity index (χ2n) is 5.27. The molecule has 1 aromatic rings. The minimum absolute atomic E-state index is 0.102. The Kier molecular flexibility index (Phi) is 4.86. The predicted molar refractivity (Wildman–Crippen MR) is 76.2 cm³/mol. The summed E-state index contributed by atoms with van der Waals surface area (Å²) in [6.45, 7) is 6.01. The molecular formula is C15H23NO4. The van der Waals surface area contributed by atoms with Gasteiger partial charge < -0.3 is 24.3 Å². The van der Waals surface area contributed by atoms with Crippen LogP contribution in [-0.2, 0) is 16.0 Å².